The topological polar surface area (TPSA) is 59.6 Å². The van der Waals surface area contributed by atoms with E-state index in [9.17, 15) is 4.79 Å². The maximum absolute atomic E-state index is 10.8. The van der Waals surface area contributed by atoms with E-state index in [1.165, 1.54) is 5.56 Å². The molecular weight excluding hydrogens is 328 g/mol. The van der Waals surface area contributed by atoms with Crippen molar-refractivity contribution >= 4 is 6.41 Å². The van der Waals surface area contributed by atoms with Crippen LogP contribution in [-0.2, 0) is 9.53 Å². The third-order valence-electron chi connectivity index (χ3n) is 5.71. The first-order valence-corrected chi connectivity index (χ1v) is 10.1. The lowest BCUT2D eigenvalue weighted by atomic mass is 9.82. The molecule has 3 rings (SSSR count). The summed E-state index contributed by atoms with van der Waals surface area (Å²) >= 11 is 0. The molecule has 2 aliphatic rings. The van der Waals surface area contributed by atoms with Gasteiger partial charge in [-0.3, -0.25) is 4.79 Å². The van der Waals surface area contributed by atoms with E-state index in [4.69, 9.17) is 9.47 Å². The Morgan fingerprint density at radius 1 is 1.19 bits per heavy atom. The van der Waals surface area contributed by atoms with Crippen LogP contribution in [0.2, 0.25) is 0 Å². The normalized spacial score (nSPS) is 29.1. The highest BCUT2D eigenvalue weighted by molar-refractivity contribution is 5.47. The Bertz CT molecular complexity index is 558. The average molecular weight is 360 g/mol. The number of rotatable bonds is 8. The molecule has 1 saturated carbocycles. The standard InChI is InChI=1S/C21H32N2O3/c1-2-25-21-8-4-3-6-18(21)16-9-11-17(12-10-16)26-14-20-19(23-15-24)7-5-13-22-20/h3-4,6,8,15-17,19-20,22H,2,5,7,9-14H2,1H3,(H,23,24). The summed E-state index contributed by atoms with van der Waals surface area (Å²) in [5.74, 6) is 1.60. The first-order valence-electron chi connectivity index (χ1n) is 10.1. The summed E-state index contributed by atoms with van der Waals surface area (Å²) in [6.45, 7) is 4.43. The minimum Gasteiger partial charge on any atom is -0.494 e. The summed E-state index contributed by atoms with van der Waals surface area (Å²) < 4.78 is 12.0. The summed E-state index contributed by atoms with van der Waals surface area (Å²) in [5, 5.41) is 6.42. The summed E-state index contributed by atoms with van der Waals surface area (Å²) in [4.78, 5) is 10.8. The van der Waals surface area contributed by atoms with Crippen LogP contribution >= 0.6 is 0 Å². The van der Waals surface area contributed by atoms with Gasteiger partial charge < -0.3 is 20.1 Å². The van der Waals surface area contributed by atoms with Crippen LogP contribution in [0.3, 0.4) is 0 Å². The van der Waals surface area contributed by atoms with Crippen molar-refractivity contribution in [3.05, 3.63) is 29.8 Å². The number of hydrogen-bond acceptors (Lipinski definition) is 4. The molecule has 2 atom stereocenters. The van der Waals surface area contributed by atoms with Crippen LogP contribution in [0.4, 0.5) is 0 Å². The highest BCUT2D eigenvalue weighted by Gasteiger charge is 2.28. The van der Waals surface area contributed by atoms with Crippen LogP contribution < -0.4 is 15.4 Å². The zero-order valence-electron chi connectivity index (χ0n) is 15.8. The lowest BCUT2D eigenvalue weighted by Gasteiger charge is -2.35. The molecule has 0 aromatic heterocycles. The minimum atomic E-state index is 0.190. The Morgan fingerprint density at radius 2 is 2.00 bits per heavy atom. The Kier molecular flexibility index (Phi) is 7.32. The molecule has 2 N–H and O–H groups in total. The zero-order chi connectivity index (χ0) is 18.2. The van der Waals surface area contributed by atoms with Crippen molar-refractivity contribution in [3.63, 3.8) is 0 Å². The SMILES string of the molecule is CCOc1ccccc1C1CCC(OCC2NCCCC2NC=O)CC1. The minimum absolute atomic E-state index is 0.190. The van der Waals surface area contributed by atoms with Crippen LogP contribution in [-0.4, -0.2) is 44.4 Å². The van der Waals surface area contributed by atoms with Crippen LogP contribution in [0.5, 0.6) is 5.75 Å². The highest BCUT2D eigenvalue weighted by atomic mass is 16.5. The molecule has 1 heterocycles. The quantitative estimate of drug-likeness (QED) is 0.700. The molecule has 1 saturated heterocycles. The van der Waals surface area contributed by atoms with Crippen molar-refractivity contribution in [3.8, 4) is 5.75 Å². The number of benzene rings is 1. The van der Waals surface area contributed by atoms with Gasteiger partial charge >= 0.3 is 0 Å². The zero-order valence-corrected chi connectivity index (χ0v) is 15.8. The Labute approximate surface area is 156 Å². The van der Waals surface area contributed by atoms with E-state index in [2.05, 4.69) is 28.8 Å². The fourth-order valence-corrected chi connectivity index (χ4v) is 4.30. The van der Waals surface area contributed by atoms with E-state index >= 15 is 0 Å². The Hall–Kier alpha value is -1.59. The smallest absolute Gasteiger partial charge is 0.207 e. The third kappa shape index (κ3) is 4.98. The number of hydrogen-bond donors (Lipinski definition) is 2. The second-order valence-electron chi connectivity index (χ2n) is 7.37. The first-order chi connectivity index (χ1) is 12.8. The summed E-state index contributed by atoms with van der Waals surface area (Å²) in [6.07, 6.45) is 7.73. The maximum atomic E-state index is 10.8. The van der Waals surface area contributed by atoms with Crippen molar-refractivity contribution < 1.29 is 14.3 Å². The predicted octanol–water partition coefficient (Wildman–Crippen LogP) is 2.99. The van der Waals surface area contributed by atoms with Gasteiger partial charge in [-0.25, -0.2) is 0 Å². The van der Waals surface area contributed by atoms with Crippen molar-refractivity contribution in [2.24, 2.45) is 0 Å². The molecule has 1 aromatic rings. The van der Waals surface area contributed by atoms with Gasteiger partial charge in [-0.1, -0.05) is 18.2 Å². The van der Waals surface area contributed by atoms with Gasteiger partial charge in [0.15, 0.2) is 0 Å². The van der Waals surface area contributed by atoms with Gasteiger partial charge in [0.1, 0.15) is 5.75 Å². The van der Waals surface area contributed by atoms with Crippen molar-refractivity contribution in [2.75, 3.05) is 19.8 Å². The second kappa shape index (κ2) is 9.93. The van der Waals surface area contributed by atoms with Crippen molar-refractivity contribution in [1.82, 2.24) is 10.6 Å². The van der Waals surface area contributed by atoms with E-state index in [1.54, 1.807) is 0 Å². The number of nitrogens with one attached hydrogen (secondary N) is 2. The molecule has 0 radical (unpaired) electrons. The van der Waals surface area contributed by atoms with E-state index in [0.717, 1.165) is 57.2 Å². The monoisotopic (exact) mass is 360 g/mol. The molecule has 2 unspecified atom stereocenters. The van der Waals surface area contributed by atoms with Crippen LogP contribution in [0.15, 0.2) is 24.3 Å². The summed E-state index contributed by atoms with van der Waals surface area (Å²) in [5.41, 5.74) is 1.34. The van der Waals surface area contributed by atoms with Crippen LogP contribution in [0, 0.1) is 0 Å². The molecular formula is C21H32N2O3. The van der Waals surface area contributed by atoms with Gasteiger partial charge in [0.25, 0.3) is 0 Å². The van der Waals surface area contributed by atoms with Crippen molar-refractivity contribution in [2.45, 2.75) is 69.6 Å². The Morgan fingerprint density at radius 3 is 2.77 bits per heavy atom. The number of carbonyl (C=O) groups excluding carboxylic acids is 1. The fourth-order valence-electron chi connectivity index (χ4n) is 4.30. The average Bonchev–Trinajstić information content (AvgIpc) is 2.69. The highest BCUT2D eigenvalue weighted by Crippen LogP contribution is 2.38. The molecule has 2 fully saturated rings. The van der Waals surface area contributed by atoms with Gasteiger partial charge in [-0.15, -0.1) is 0 Å². The molecule has 5 heteroatoms. The van der Waals surface area contributed by atoms with Gasteiger partial charge in [0, 0.05) is 6.04 Å². The number of piperidine rings is 1. The molecule has 1 aliphatic carbocycles. The second-order valence-corrected chi connectivity index (χ2v) is 7.37. The van der Waals surface area contributed by atoms with Crippen LogP contribution in [0.25, 0.3) is 0 Å². The lowest BCUT2D eigenvalue weighted by molar-refractivity contribution is -0.110. The van der Waals surface area contributed by atoms with E-state index in [-0.39, 0.29) is 12.1 Å². The molecule has 1 aliphatic heterocycles. The van der Waals surface area contributed by atoms with Gasteiger partial charge in [-0.05, 0) is 69.5 Å². The number of ether oxygens (including phenoxy) is 2. The molecule has 1 aromatic carbocycles. The predicted molar refractivity (Wildman–Crippen MR) is 103 cm³/mol. The molecule has 1 amide bonds. The molecule has 5 nitrogen and oxygen atoms in total. The summed E-state index contributed by atoms with van der Waals surface area (Å²) in [6, 6.07) is 8.86. The van der Waals surface area contributed by atoms with Crippen molar-refractivity contribution in [1.29, 1.82) is 0 Å². The third-order valence-corrected chi connectivity index (χ3v) is 5.71. The number of para-hydroxylation sites is 1. The molecule has 0 bridgehead atoms. The number of amides is 1. The first kappa shape index (κ1) is 19.2. The number of carbonyl (C=O) groups is 1. The lowest BCUT2D eigenvalue weighted by Crippen LogP contribution is -2.54. The van der Waals surface area contributed by atoms with Gasteiger partial charge in [-0.2, -0.15) is 0 Å². The molecule has 26 heavy (non-hydrogen) atoms. The van der Waals surface area contributed by atoms with Gasteiger partial charge in [0.2, 0.25) is 6.41 Å². The summed E-state index contributed by atoms with van der Waals surface area (Å²) in [7, 11) is 0. The maximum Gasteiger partial charge on any atom is 0.207 e. The largest absolute Gasteiger partial charge is 0.494 e. The van der Waals surface area contributed by atoms with Crippen LogP contribution in [0.1, 0.15) is 56.9 Å². The van der Waals surface area contributed by atoms with E-state index in [0.29, 0.717) is 25.2 Å². The molecule has 144 valence electrons. The van der Waals surface area contributed by atoms with E-state index < -0.39 is 0 Å². The van der Waals surface area contributed by atoms with Gasteiger partial charge in [0.05, 0.1) is 25.4 Å². The fraction of sp³-hybridized carbons (Fsp3) is 0.667. The molecule has 0 spiro atoms. The Balaban J connectivity index is 1.47. The van der Waals surface area contributed by atoms with E-state index in [1.807, 2.05) is 13.0 Å².